The minimum absolute atomic E-state index is 0.0889. The Bertz CT molecular complexity index is 1250. The van der Waals surface area contributed by atoms with E-state index in [-0.39, 0.29) is 10.8 Å². The van der Waals surface area contributed by atoms with Crippen LogP contribution in [0.3, 0.4) is 0 Å². The Morgan fingerprint density at radius 3 is 1.81 bits per heavy atom. The molecular formula is C33H39Cl2Zr-. The molecule has 0 N–H and O–H groups in total. The molecule has 0 aliphatic rings. The summed E-state index contributed by atoms with van der Waals surface area (Å²) >= 11 is -0.826. The van der Waals surface area contributed by atoms with Gasteiger partial charge in [-0.25, -0.2) is 0 Å². The van der Waals surface area contributed by atoms with E-state index in [2.05, 4.69) is 128 Å². The van der Waals surface area contributed by atoms with Gasteiger partial charge in [-0.15, -0.1) is 28.5 Å². The molecule has 0 saturated heterocycles. The van der Waals surface area contributed by atoms with Crippen LogP contribution < -0.4 is 0 Å². The van der Waals surface area contributed by atoms with Crippen LogP contribution in [-0.2, 0) is 38.1 Å². The van der Waals surface area contributed by atoms with E-state index in [9.17, 15) is 0 Å². The van der Waals surface area contributed by atoms with Gasteiger partial charge in [-0.3, -0.25) is 0 Å². The molecule has 0 nitrogen and oxygen atoms in total. The quantitative estimate of drug-likeness (QED) is 0.205. The number of rotatable bonds is 4. The Morgan fingerprint density at radius 1 is 0.750 bits per heavy atom. The van der Waals surface area contributed by atoms with Gasteiger partial charge < -0.3 is 0 Å². The Hall–Kier alpha value is -1.27. The molecule has 0 aliphatic carbocycles. The molecule has 0 radical (unpaired) electrons. The molecule has 36 heavy (non-hydrogen) atoms. The first-order valence-electron chi connectivity index (χ1n) is 12.8. The van der Waals surface area contributed by atoms with Crippen LogP contribution in [-0.4, -0.2) is 0 Å². The third kappa shape index (κ3) is 7.18. The van der Waals surface area contributed by atoms with E-state index in [1.54, 1.807) is 0 Å². The summed E-state index contributed by atoms with van der Waals surface area (Å²) in [6.07, 6.45) is 1.12. The minimum atomic E-state index is -0.826. The maximum absolute atomic E-state index is 4.93. The van der Waals surface area contributed by atoms with Gasteiger partial charge in [-0.05, 0) is 51.0 Å². The Labute approximate surface area is 237 Å². The van der Waals surface area contributed by atoms with Gasteiger partial charge in [0.05, 0.1) is 0 Å². The van der Waals surface area contributed by atoms with Crippen molar-refractivity contribution in [2.24, 2.45) is 5.92 Å². The molecule has 0 spiro atoms. The summed E-state index contributed by atoms with van der Waals surface area (Å²) in [6.45, 7) is 18.5. The van der Waals surface area contributed by atoms with Gasteiger partial charge >= 0.3 is 37.9 Å². The number of fused-ring (bicyclic) bond motifs is 1. The van der Waals surface area contributed by atoms with Crippen molar-refractivity contribution < 1.29 is 20.8 Å². The fourth-order valence-electron chi connectivity index (χ4n) is 4.74. The van der Waals surface area contributed by atoms with E-state index >= 15 is 0 Å². The van der Waals surface area contributed by atoms with Crippen molar-refractivity contribution in [3.63, 3.8) is 0 Å². The van der Waals surface area contributed by atoms with Crippen LogP contribution in [0.15, 0.2) is 72.8 Å². The van der Waals surface area contributed by atoms with Gasteiger partial charge in [0.1, 0.15) is 0 Å². The van der Waals surface area contributed by atoms with E-state index in [1.165, 1.54) is 49.7 Å². The summed E-state index contributed by atoms with van der Waals surface area (Å²) in [6, 6.07) is 27.6. The van der Waals surface area contributed by atoms with Crippen LogP contribution in [0.25, 0.3) is 33.0 Å². The van der Waals surface area contributed by atoms with Gasteiger partial charge in [0, 0.05) is 0 Å². The molecule has 0 fully saturated rings. The van der Waals surface area contributed by atoms with Gasteiger partial charge in [-0.2, -0.15) is 6.07 Å². The number of hydrogen-bond donors (Lipinski definition) is 0. The molecule has 0 bridgehead atoms. The van der Waals surface area contributed by atoms with Crippen LogP contribution in [0, 0.1) is 5.92 Å². The summed E-state index contributed by atoms with van der Waals surface area (Å²) in [4.78, 5) is 0. The number of benzene rings is 3. The average Bonchev–Trinajstić information content (AvgIpc) is 3.19. The molecule has 0 aliphatic heterocycles. The first-order valence-corrected chi connectivity index (χ1v) is 19.1. The molecule has 0 saturated carbocycles. The average molecular weight is 598 g/mol. The van der Waals surface area contributed by atoms with Crippen LogP contribution in [0.1, 0.15) is 72.1 Å². The molecule has 4 aromatic rings. The summed E-state index contributed by atoms with van der Waals surface area (Å²) in [5.41, 5.74) is 9.70. The zero-order chi connectivity index (χ0) is 26.7. The predicted octanol–water partition coefficient (Wildman–Crippen LogP) is 11.1. The summed E-state index contributed by atoms with van der Waals surface area (Å²) < 4.78 is 0. The molecule has 3 heteroatoms. The molecule has 0 unspecified atom stereocenters. The van der Waals surface area contributed by atoms with E-state index in [0.29, 0.717) is 5.92 Å². The molecule has 0 atom stereocenters. The fourth-order valence-corrected chi connectivity index (χ4v) is 4.74. The summed E-state index contributed by atoms with van der Waals surface area (Å²) in [5.74, 6) is 0.649. The van der Waals surface area contributed by atoms with Crippen molar-refractivity contribution in [1.29, 1.82) is 0 Å². The fraction of sp³-hybridized carbons (Fsp3) is 0.364. The van der Waals surface area contributed by atoms with E-state index in [1.807, 2.05) is 0 Å². The number of halogens is 2. The second-order valence-electron chi connectivity index (χ2n) is 12.2. The first-order chi connectivity index (χ1) is 16.8. The third-order valence-corrected chi connectivity index (χ3v) is 6.63. The zero-order valence-electron chi connectivity index (χ0n) is 23.0. The zero-order valence-corrected chi connectivity index (χ0v) is 26.9. The van der Waals surface area contributed by atoms with E-state index in [0.717, 1.165) is 6.42 Å². The summed E-state index contributed by atoms with van der Waals surface area (Å²) in [7, 11) is 9.87. The van der Waals surface area contributed by atoms with Crippen molar-refractivity contribution in [3.8, 4) is 22.3 Å². The van der Waals surface area contributed by atoms with Gasteiger partial charge in [-0.1, -0.05) is 116 Å². The molecule has 4 rings (SSSR count). The first kappa shape index (κ1) is 29.3. The Kier molecular flexibility index (Phi) is 9.82. The standard InChI is InChI=1S/C33H39.2ClH.Zr/c1-22(2)16-23-17-25-14-15-29(24-12-10-9-11-13-24)31(30(25)18-23)26-19-27(32(3,4)5)21-28(20-26)33(6,7)8;;;/h9-15,17-22H,16H2,1-8H3;2*1H;/q-1;;;+2/p-2. The molecule has 0 heterocycles. The van der Waals surface area contributed by atoms with Crippen molar-refractivity contribution >= 4 is 27.8 Å². The van der Waals surface area contributed by atoms with Gasteiger partial charge in [0.15, 0.2) is 0 Å². The van der Waals surface area contributed by atoms with Gasteiger partial charge in [0.2, 0.25) is 0 Å². The predicted molar refractivity (Wildman–Crippen MR) is 158 cm³/mol. The van der Waals surface area contributed by atoms with E-state index < -0.39 is 20.8 Å². The Morgan fingerprint density at radius 2 is 1.31 bits per heavy atom. The SMILES string of the molecule is CC(C)Cc1cc2c(-c3cc(C(C)(C)C)cc(C(C)(C)C)c3)c(-c3ccccc3)ccc2[cH-]1.[Cl][Zr][Cl]. The van der Waals surface area contributed by atoms with Crippen molar-refractivity contribution in [2.75, 3.05) is 0 Å². The molecule has 190 valence electrons. The topological polar surface area (TPSA) is 0 Å². The van der Waals surface area contributed by atoms with Crippen molar-refractivity contribution in [3.05, 3.63) is 89.5 Å². The number of hydrogen-bond acceptors (Lipinski definition) is 0. The summed E-state index contributed by atoms with van der Waals surface area (Å²) in [5, 5.41) is 2.72. The molecule has 0 aromatic heterocycles. The van der Waals surface area contributed by atoms with Crippen LogP contribution in [0.2, 0.25) is 0 Å². The van der Waals surface area contributed by atoms with E-state index in [4.69, 9.17) is 17.0 Å². The van der Waals surface area contributed by atoms with Crippen molar-refractivity contribution in [2.45, 2.75) is 72.6 Å². The second kappa shape index (κ2) is 12.1. The normalized spacial score (nSPS) is 12.0. The molecule has 4 aromatic carbocycles. The molecular weight excluding hydrogens is 558 g/mol. The van der Waals surface area contributed by atoms with Crippen LogP contribution in [0.4, 0.5) is 0 Å². The second-order valence-corrected chi connectivity index (χ2v) is 15.9. The van der Waals surface area contributed by atoms with Gasteiger partial charge in [0.25, 0.3) is 0 Å². The van der Waals surface area contributed by atoms with Crippen molar-refractivity contribution in [1.82, 2.24) is 0 Å². The molecule has 0 amide bonds. The van der Waals surface area contributed by atoms with Crippen LogP contribution in [0.5, 0.6) is 0 Å². The maximum atomic E-state index is 4.93. The third-order valence-electron chi connectivity index (χ3n) is 6.63. The Balaban J connectivity index is 0.00000115. The van der Waals surface area contributed by atoms with Crippen LogP contribution >= 0.6 is 17.0 Å². The monoisotopic (exact) mass is 595 g/mol.